The third-order valence-corrected chi connectivity index (χ3v) is 4.17. The van der Waals surface area contributed by atoms with Crippen LogP contribution in [0.2, 0.25) is 0 Å². The molecule has 0 unspecified atom stereocenters. The van der Waals surface area contributed by atoms with Crippen LogP contribution in [0.3, 0.4) is 0 Å². The van der Waals surface area contributed by atoms with Gasteiger partial charge in [-0.05, 0) is 26.0 Å². The van der Waals surface area contributed by atoms with E-state index in [1.807, 2.05) is 13.8 Å². The number of hydrogen-bond acceptors (Lipinski definition) is 4. The van der Waals surface area contributed by atoms with Gasteiger partial charge in [0.15, 0.2) is 0 Å². The summed E-state index contributed by atoms with van der Waals surface area (Å²) in [5.74, 6) is -0.791. The van der Waals surface area contributed by atoms with Crippen LogP contribution in [0.25, 0.3) is 0 Å². The highest BCUT2D eigenvalue weighted by molar-refractivity contribution is 5.50. The molecule has 2 aliphatic rings. The van der Waals surface area contributed by atoms with Gasteiger partial charge in [-0.2, -0.15) is 0 Å². The predicted octanol–water partition coefficient (Wildman–Crippen LogP) is 2.00. The fourth-order valence-electron chi connectivity index (χ4n) is 2.79. The summed E-state index contributed by atoms with van der Waals surface area (Å²) >= 11 is 0. The molecule has 108 valence electrons. The molecule has 0 saturated carbocycles. The van der Waals surface area contributed by atoms with Crippen LogP contribution >= 0.6 is 0 Å². The second-order valence-corrected chi connectivity index (χ2v) is 5.53. The largest absolute Gasteiger partial charge is 0.364 e. The fourth-order valence-corrected chi connectivity index (χ4v) is 2.79. The van der Waals surface area contributed by atoms with Gasteiger partial charge in [-0.25, -0.2) is 0 Å². The molecule has 2 atom stereocenters. The summed E-state index contributed by atoms with van der Waals surface area (Å²) < 4.78 is 12.0. The first-order valence-electron chi connectivity index (χ1n) is 7.21. The van der Waals surface area contributed by atoms with Gasteiger partial charge in [-0.3, -0.25) is 0 Å². The van der Waals surface area contributed by atoms with E-state index in [2.05, 4.69) is 41.3 Å². The van der Waals surface area contributed by atoms with E-state index in [-0.39, 0.29) is 12.2 Å². The maximum atomic E-state index is 5.99. The number of anilines is 1. The summed E-state index contributed by atoms with van der Waals surface area (Å²) in [6.45, 7) is 6.32. The molecule has 0 spiro atoms. The molecule has 2 heterocycles. The maximum absolute atomic E-state index is 5.99. The van der Waals surface area contributed by atoms with Crippen molar-refractivity contribution in [3.63, 3.8) is 0 Å². The lowest BCUT2D eigenvalue weighted by molar-refractivity contribution is -0.173. The topological polar surface area (TPSA) is 47.7 Å². The van der Waals surface area contributed by atoms with Crippen molar-refractivity contribution in [1.82, 2.24) is 0 Å². The average Bonchev–Trinajstić information content (AvgIpc) is 3.09. The SMILES string of the molecule is C[C@H]1OC(CN)(c2ccc(N3CC=CC3)cc2)O[C@@H]1C. The summed E-state index contributed by atoms with van der Waals surface area (Å²) in [6, 6.07) is 8.34. The smallest absolute Gasteiger partial charge is 0.208 e. The van der Waals surface area contributed by atoms with Crippen molar-refractivity contribution in [2.24, 2.45) is 5.73 Å². The van der Waals surface area contributed by atoms with E-state index >= 15 is 0 Å². The highest BCUT2D eigenvalue weighted by Gasteiger charge is 2.44. The highest BCUT2D eigenvalue weighted by atomic mass is 16.8. The van der Waals surface area contributed by atoms with Gasteiger partial charge in [0, 0.05) is 24.3 Å². The molecule has 0 radical (unpaired) electrons. The Balaban J connectivity index is 1.82. The van der Waals surface area contributed by atoms with E-state index in [0.29, 0.717) is 6.54 Å². The Kier molecular flexibility index (Phi) is 3.54. The first kappa shape index (κ1) is 13.6. The third-order valence-electron chi connectivity index (χ3n) is 4.17. The number of rotatable bonds is 3. The lowest BCUT2D eigenvalue weighted by atomic mass is 10.1. The molecule has 2 N–H and O–H groups in total. The molecule has 4 heteroatoms. The predicted molar refractivity (Wildman–Crippen MR) is 79.6 cm³/mol. The third kappa shape index (κ3) is 2.24. The van der Waals surface area contributed by atoms with Crippen LogP contribution in [0.1, 0.15) is 19.4 Å². The van der Waals surface area contributed by atoms with Gasteiger partial charge >= 0.3 is 0 Å². The molecular formula is C16H22N2O2. The Morgan fingerprint density at radius 3 is 2.15 bits per heavy atom. The molecule has 20 heavy (non-hydrogen) atoms. The second kappa shape index (κ2) is 5.20. The second-order valence-electron chi connectivity index (χ2n) is 5.53. The number of nitrogens with zero attached hydrogens (tertiary/aromatic N) is 1. The van der Waals surface area contributed by atoms with E-state index < -0.39 is 5.79 Å². The van der Waals surface area contributed by atoms with Crippen molar-refractivity contribution in [2.45, 2.75) is 31.8 Å². The number of benzene rings is 1. The molecule has 1 aromatic carbocycles. The van der Waals surface area contributed by atoms with E-state index in [0.717, 1.165) is 18.7 Å². The van der Waals surface area contributed by atoms with Crippen molar-refractivity contribution >= 4 is 5.69 Å². The minimum atomic E-state index is -0.791. The van der Waals surface area contributed by atoms with Crippen LogP contribution in [-0.2, 0) is 15.3 Å². The van der Waals surface area contributed by atoms with E-state index in [9.17, 15) is 0 Å². The summed E-state index contributed by atoms with van der Waals surface area (Å²) in [4.78, 5) is 2.31. The lowest BCUT2D eigenvalue weighted by Crippen LogP contribution is -2.37. The van der Waals surface area contributed by atoms with Gasteiger partial charge in [0.25, 0.3) is 0 Å². The number of nitrogens with two attached hydrogens (primary N) is 1. The summed E-state index contributed by atoms with van der Waals surface area (Å²) in [7, 11) is 0. The summed E-state index contributed by atoms with van der Waals surface area (Å²) in [5.41, 5.74) is 8.12. The zero-order valence-corrected chi connectivity index (χ0v) is 12.1. The molecule has 1 aromatic rings. The monoisotopic (exact) mass is 274 g/mol. The van der Waals surface area contributed by atoms with Gasteiger partial charge in [0.1, 0.15) is 0 Å². The van der Waals surface area contributed by atoms with Crippen LogP contribution in [0, 0.1) is 0 Å². The highest BCUT2D eigenvalue weighted by Crippen LogP contribution is 2.37. The Morgan fingerprint density at radius 1 is 1.10 bits per heavy atom. The van der Waals surface area contributed by atoms with Gasteiger partial charge in [-0.1, -0.05) is 24.3 Å². The van der Waals surface area contributed by atoms with Crippen molar-refractivity contribution in [2.75, 3.05) is 24.5 Å². The lowest BCUT2D eigenvalue weighted by Gasteiger charge is -2.28. The van der Waals surface area contributed by atoms with E-state index in [4.69, 9.17) is 15.2 Å². The molecule has 0 bridgehead atoms. The molecule has 3 rings (SSSR count). The number of hydrogen-bond donors (Lipinski definition) is 1. The van der Waals surface area contributed by atoms with Gasteiger partial charge in [0.2, 0.25) is 5.79 Å². The van der Waals surface area contributed by atoms with Gasteiger partial charge in [-0.15, -0.1) is 0 Å². The Morgan fingerprint density at radius 2 is 1.65 bits per heavy atom. The van der Waals surface area contributed by atoms with Crippen molar-refractivity contribution < 1.29 is 9.47 Å². The van der Waals surface area contributed by atoms with Crippen LogP contribution in [0.5, 0.6) is 0 Å². The molecule has 2 aliphatic heterocycles. The maximum Gasteiger partial charge on any atom is 0.208 e. The zero-order valence-electron chi connectivity index (χ0n) is 12.1. The number of ether oxygens (including phenoxy) is 2. The normalized spacial score (nSPS) is 28.2. The Hall–Kier alpha value is -1.36. The van der Waals surface area contributed by atoms with Crippen LogP contribution in [0.4, 0.5) is 5.69 Å². The first-order chi connectivity index (χ1) is 9.64. The Bertz CT molecular complexity index is 480. The van der Waals surface area contributed by atoms with Crippen molar-refractivity contribution in [3.05, 3.63) is 42.0 Å². The molecular weight excluding hydrogens is 252 g/mol. The van der Waals surface area contributed by atoms with E-state index in [1.54, 1.807) is 0 Å². The first-order valence-corrected chi connectivity index (χ1v) is 7.21. The minimum absolute atomic E-state index is 0.0565. The van der Waals surface area contributed by atoms with Crippen LogP contribution in [-0.4, -0.2) is 31.8 Å². The van der Waals surface area contributed by atoms with Crippen LogP contribution in [0.15, 0.2) is 36.4 Å². The summed E-state index contributed by atoms with van der Waals surface area (Å²) in [6.07, 6.45) is 4.48. The van der Waals surface area contributed by atoms with Crippen LogP contribution < -0.4 is 10.6 Å². The standard InChI is InChI=1S/C16H22N2O2/c1-12-13(2)20-16(11-17,19-12)14-5-7-15(8-6-14)18-9-3-4-10-18/h3-8,12-13H,9-11,17H2,1-2H3/t12-,13-/m1/s1. The average molecular weight is 274 g/mol. The van der Waals surface area contributed by atoms with Gasteiger partial charge < -0.3 is 20.1 Å². The minimum Gasteiger partial charge on any atom is -0.364 e. The van der Waals surface area contributed by atoms with E-state index in [1.165, 1.54) is 5.69 Å². The molecule has 4 nitrogen and oxygen atoms in total. The molecule has 0 aliphatic carbocycles. The fraction of sp³-hybridized carbons (Fsp3) is 0.500. The van der Waals surface area contributed by atoms with Gasteiger partial charge in [0.05, 0.1) is 18.8 Å². The molecule has 0 amide bonds. The zero-order chi connectivity index (χ0) is 14.2. The summed E-state index contributed by atoms with van der Waals surface area (Å²) in [5, 5.41) is 0. The Labute approximate surface area is 120 Å². The van der Waals surface area contributed by atoms with Crippen molar-refractivity contribution in [1.29, 1.82) is 0 Å². The molecule has 0 aromatic heterocycles. The van der Waals surface area contributed by atoms with Crippen molar-refractivity contribution in [3.8, 4) is 0 Å². The quantitative estimate of drug-likeness (QED) is 0.856. The molecule has 1 fully saturated rings. The molecule has 1 saturated heterocycles.